The molecule has 0 amide bonds. The zero-order chi connectivity index (χ0) is 6.57. The molecule has 0 saturated heterocycles. The van der Waals surface area contributed by atoms with Gasteiger partial charge >= 0.3 is 0 Å². The third kappa shape index (κ3) is 1.40. The van der Waals surface area contributed by atoms with Crippen molar-refractivity contribution in [2.24, 2.45) is 0 Å². The van der Waals surface area contributed by atoms with E-state index in [0.29, 0.717) is 0 Å². The molecule has 0 aromatic heterocycles. The van der Waals surface area contributed by atoms with Crippen molar-refractivity contribution in [3.05, 3.63) is 11.4 Å². The van der Waals surface area contributed by atoms with E-state index in [4.69, 9.17) is 10.5 Å². The molecule has 0 aromatic rings. The van der Waals surface area contributed by atoms with E-state index in [1.807, 2.05) is 0 Å². The van der Waals surface area contributed by atoms with E-state index in [1.54, 1.807) is 0 Å². The predicted molar refractivity (Wildman–Crippen MR) is 25.0 cm³/mol. The van der Waals surface area contributed by atoms with Gasteiger partial charge in [0.2, 0.25) is 5.83 Å². The number of hydrogen-bond acceptors (Lipinski definition) is 2. The number of rotatable bonds is 0. The molecule has 3 heteroatoms. The van der Waals surface area contributed by atoms with Gasteiger partial charge in [-0.15, -0.1) is 0 Å². The minimum absolute atomic E-state index is 0.174. The Kier molecular flexibility index (Phi) is 2.30. The van der Waals surface area contributed by atoms with Gasteiger partial charge in [0.25, 0.3) is 0 Å². The number of halogens is 1. The zero-order valence-corrected chi connectivity index (χ0v) is 4.27. The Morgan fingerprint density at radius 1 is 1.38 bits per heavy atom. The van der Waals surface area contributed by atoms with Crippen molar-refractivity contribution in [2.45, 2.75) is 6.92 Å². The molecule has 0 N–H and O–H groups in total. The molecule has 0 bridgehead atoms. The molecule has 40 valence electrons. The average Bonchev–Trinajstić information content (AvgIpc) is 1.84. The van der Waals surface area contributed by atoms with Crippen LogP contribution in [0.2, 0.25) is 0 Å². The molecule has 0 heterocycles. The second kappa shape index (κ2) is 2.76. The van der Waals surface area contributed by atoms with Crippen molar-refractivity contribution in [3.63, 3.8) is 0 Å². The molecule has 8 heavy (non-hydrogen) atoms. The first-order valence-corrected chi connectivity index (χ1v) is 1.89. The first-order chi connectivity index (χ1) is 3.72. The lowest BCUT2D eigenvalue weighted by Crippen LogP contribution is -1.71. The summed E-state index contributed by atoms with van der Waals surface area (Å²) in [6, 6.07) is 2.70. The molecule has 2 nitrogen and oxygen atoms in total. The largest absolute Gasteiger partial charge is 0.213 e. The van der Waals surface area contributed by atoms with Crippen LogP contribution < -0.4 is 0 Å². The zero-order valence-electron chi connectivity index (χ0n) is 4.27. The molecule has 0 spiro atoms. The summed E-state index contributed by atoms with van der Waals surface area (Å²) in [6.45, 7) is 1.25. The highest BCUT2D eigenvalue weighted by atomic mass is 19.1. The Labute approximate surface area is 46.5 Å². The SMILES string of the molecule is C/C(C#N)=C(\F)C#N. The number of nitriles is 2. The van der Waals surface area contributed by atoms with Gasteiger partial charge in [0.1, 0.15) is 6.07 Å². The fraction of sp³-hybridized carbons (Fsp3) is 0.200. The third-order valence-corrected chi connectivity index (χ3v) is 0.595. The number of nitrogens with zero attached hydrogens (tertiary/aromatic N) is 2. The fourth-order valence-electron chi connectivity index (χ4n) is 0.133. The molecule has 0 unspecified atom stereocenters. The maximum absolute atomic E-state index is 11.8. The summed E-state index contributed by atoms with van der Waals surface area (Å²) in [5.41, 5.74) is -0.174. The normalized spacial score (nSPS) is 11.0. The number of hydrogen-bond donors (Lipinski definition) is 0. The molecule has 0 saturated carbocycles. The van der Waals surface area contributed by atoms with Crippen molar-refractivity contribution in [2.75, 3.05) is 0 Å². The first kappa shape index (κ1) is 6.65. The molecule has 0 rings (SSSR count). The molecule has 0 fully saturated rings. The van der Waals surface area contributed by atoms with E-state index in [9.17, 15) is 4.39 Å². The number of allylic oxidation sites excluding steroid dienone is 2. The predicted octanol–water partition coefficient (Wildman–Crippen LogP) is 1.28. The highest BCUT2D eigenvalue weighted by molar-refractivity contribution is 5.29. The molecule has 0 aliphatic rings. The van der Waals surface area contributed by atoms with E-state index in [0.717, 1.165) is 0 Å². The van der Waals surface area contributed by atoms with E-state index in [1.165, 1.54) is 19.1 Å². The lowest BCUT2D eigenvalue weighted by Gasteiger charge is -1.77. The van der Waals surface area contributed by atoms with Crippen molar-refractivity contribution in [1.29, 1.82) is 10.5 Å². The topological polar surface area (TPSA) is 47.6 Å². The molecule has 0 radical (unpaired) electrons. The maximum atomic E-state index is 11.8. The second-order valence-electron chi connectivity index (χ2n) is 1.16. The van der Waals surface area contributed by atoms with Crippen LogP contribution in [0.4, 0.5) is 4.39 Å². The van der Waals surface area contributed by atoms with Gasteiger partial charge in [-0.05, 0) is 6.92 Å². The van der Waals surface area contributed by atoms with Crippen molar-refractivity contribution >= 4 is 0 Å². The summed E-state index contributed by atoms with van der Waals surface area (Å²) in [5, 5.41) is 15.7. The van der Waals surface area contributed by atoms with Crippen molar-refractivity contribution in [1.82, 2.24) is 0 Å². The van der Waals surface area contributed by atoms with Crippen molar-refractivity contribution < 1.29 is 4.39 Å². The Morgan fingerprint density at radius 2 is 1.88 bits per heavy atom. The fourth-order valence-corrected chi connectivity index (χ4v) is 0.133. The molecule has 0 aliphatic heterocycles. The second-order valence-corrected chi connectivity index (χ2v) is 1.16. The Balaban J connectivity index is 4.41. The van der Waals surface area contributed by atoms with Crippen LogP contribution in [0.25, 0.3) is 0 Å². The summed E-state index contributed by atoms with van der Waals surface area (Å²) < 4.78 is 11.8. The summed E-state index contributed by atoms with van der Waals surface area (Å²) in [4.78, 5) is 0. The smallest absolute Gasteiger partial charge is 0.194 e. The molecule has 0 aliphatic carbocycles. The van der Waals surface area contributed by atoms with Gasteiger partial charge in [0.15, 0.2) is 0 Å². The quantitative estimate of drug-likeness (QED) is 0.441. The highest BCUT2D eigenvalue weighted by Gasteiger charge is 1.94. The van der Waals surface area contributed by atoms with Gasteiger partial charge in [0, 0.05) is 0 Å². The van der Waals surface area contributed by atoms with Gasteiger partial charge in [-0.2, -0.15) is 14.9 Å². The lowest BCUT2D eigenvalue weighted by molar-refractivity contribution is 0.664. The Hall–Kier alpha value is -1.35. The van der Waals surface area contributed by atoms with E-state index in [-0.39, 0.29) is 5.57 Å². The highest BCUT2D eigenvalue weighted by Crippen LogP contribution is 2.00. The van der Waals surface area contributed by atoms with Crippen LogP contribution in [-0.4, -0.2) is 0 Å². The minimum Gasteiger partial charge on any atom is -0.194 e. The van der Waals surface area contributed by atoms with Gasteiger partial charge in [-0.25, -0.2) is 0 Å². The van der Waals surface area contributed by atoms with Crippen LogP contribution >= 0.6 is 0 Å². The van der Waals surface area contributed by atoms with Gasteiger partial charge in [-0.1, -0.05) is 0 Å². The van der Waals surface area contributed by atoms with Gasteiger partial charge < -0.3 is 0 Å². The third-order valence-electron chi connectivity index (χ3n) is 0.595. The van der Waals surface area contributed by atoms with E-state index < -0.39 is 5.83 Å². The summed E-state index contributed by atoms with van der Waals surface area (Å²) in [5.74, 6) is -1.01. The molecule has 0 aromatic carbocycles. The van der Waals surface area contributed by atoms with Gasteiger partial charge in [-0.3, -0.25) is 0 Å². The Morgan fingerprint density at radius 3 is 2.00 bits per heavy atom. The van der Waals surface area contributed by atoms with Crippen LogP contribution in [0.3, 0.4) is 0 Å². The standard InChI is InChI=1S/C5H3FN2/c1-4(2-7)5(6)3-8/h1H3/b5-4+. The lowest BCUT2D eigenvalue weighted by atomic mass is 10.3. The van der Waals surface area contributed by atoms with Crippen LogP contribution in [0, 0.1) is 22.7 Å². The minimum atomic E-state index is -1.01. The van der Waals surface area contributed by atoms with E-state index in [2.05, 4.69) is 0 Å². The van der Waals surface area contributed by atoms with E-state index >= 15 is 0 Å². The summed E-state index contributed by atoms with van der Waals surface area (Å²) in [6.07, 6.45) is 0. The molecule has 0 atom stereocenters. The van der Waals surface area contributed by atoms with Crippen LogP contribution in [0.1, 0.15) is 6.92 Å². The monoisotopic (exact) mass is 110 g/mol. The molecular weight excluding hydrogens is 107 g/mol. The van der Waals surface area contributed by atoms with Crippen LogP contribution in [0.15, 0.2) is 11.4 Å². The average molecular weight is 110 g/mol. The summed E-state index contributed by atoms with van der Waals surface area (Å²) in [7, 11) is 0. The van der Waals surface area contributed by atoms with Gasteiger partial charge in [0.05, 0.1) is 11.6 Å². The first-order valence-electron chi connectivity index (χ1n) is 1.89. The van der Waals surface area contributed by atoms with Crippen molar-refractivity contribution in [3.8, 4) is 12.1 Å². The summed E-state index contributed by atoms with van der Waals surface area (Å²) >= 11 is 0. The van der Waals surface area contributed by atoms with Crippen LogP contribution in [0.5, 0.6) is 0 Å². The maximum Gasteiger partial charge on any atom is 0.213 e. The van der Waals surface area contributed by atoms with Crippen LogP contribution in [-0.2, 0) is 0 Å². The molecular formula is C5H3FN2. The Bertz CT molecular complexity index is 169.